The van der Waals surface area contributed by atoms with E-state index in [9.17, 15) is 0 Å². The summed E-state index contributed by atoms with van der Waals surface area (Å²) in [7, 11) is 0. The number of allylic oxidation sites excluding steroid dienone is 1. The van der Waals surface area contributed by atoms with Gasteiger partial charge in [0.15, 0.2) is 0 Å². The van der Waals surface area contributed by atoms with Crippen LogP contribution in [-0.2, 0) is 30.1 Å². The molecule has 0 bridgehead atoms. The summed E-state index contributed by atoms with van der Waals surface area (Å²) in [6.45, 7) is 9.07. The first-order valence-electron chi connectivity index (χ1n) is 5.43. The largest absolute Gasteiger partial charge is 0.147 e. The van der Waals surface area contributed by atoms with Gasteiger partial charge in [-0.05, 0) is 0 Å². The Kier molecular flexibility index (Phi) is 6.19. The Morgan fingerprint density at radius 3 is 2.24 bits per heavy atom. The van der Waals surface area contributed by atoms with Crippen LogP contribution in [0.15, 0.2) is 23.8 Å². The van der Waals surface area contributed by atoms with E-state index in [2.05, 4.69) is 52.0 Å². The van der Waals surface area contributed by atoms with Crippen LogP contribution in [0.4, 0.5) is 0 Å². The van der Waals surface area contributed by atoms with Crippen LogP contribution in [0.5, 0.6) is 0 Å². The van der Waals surface area contributed by atoms with E-state index in [0.717, 1.165) is 0 Å². The fourth-order valence-electron chi connectivity index (χ4n) is 2.00. The summed E-state index contributed by atoms with van der Waals surface area (Å²) >= 11 is 1.60. The average molecular weight is 349 g/mol. The second-order valence-electron chi connectivity index (χ2n) is 5.42. The van der Waals surface area contributed by atoms with Gasteiger partial charge in [0.1, 0.15) is 0 Å². The predicted molar refractivity (Wildman–Crippen MR) is 76.0 cm³/mol. The molecule has 0 N–H and O–H groups in total. The van der Waals surface area contributed by atoms with E-state index in [1.165, 1.54) is 22.3 Å². The topological polar surface area (TPSA) is 0 Å². The minimum Gasteiger partial charge on any atom is -0.147 e. The fraction of sp³-hybridized carbons (Fsp3) is 0.429. The van der Waals surface area contributed by atoms with E-state index >= 15 is 0 Å². The van der Waals surface area contributed by atoms with E-state index in [4.69, 9.17) is 0 Å². The van der Waals surface area contributed by atoms with Crippen molar-refractivity contribution in [3.05, 3.63) is 40.5 Å². The van der Waals surface area contributed by atoms with Gasteiger partial charge >= 0.3 is 108 Å². The Labute approximate surface area is 132 Å². The van der Waals surface area contributed by atoms with E-state index < -0.39 is 0 Å². The summed E-state index contributed by atoms with van der Waals surface area (Å²) in [6, 6.07) is 6.98. The summed E-state index contributed by atoms with van der Waals surface area (Å²) in [4.78, 5) is 0. The van der Waals surface area contributed by atoms with Gasteiger partial charge in [-0.25, -0.2) is 0 Å². The SMILES string of the molecule is CC1=Cc2cc(C(C)(C)C)ccc2[CH]1[Zr].Cl.Cl. The second-order valence-corrected chi connectivity index (χ2v) is 6.83. The normalized spacial score (nSPS) is 17.6. The number of hydrogen-bond acceptors (Lipinski definition) is 0. The zero-order valence-electron chi connectivity index (χ0n) is 10.7. The van der Waals surface area contributed by atoms with Crippen molar-refractivity contribution in [3.8, 4) is 0 Å². The van der Waals surface area contributed by atoms with E-state index in [-0.39, 0.29) is 30.2 Å². The van der Waals surface area contributed by atoms with Crippen LogP contribution in [0.1, 0.15) is 48.0 Å². The molecule has 3 heteroatoms. The standard InChI is InChI=1S/C14H17.2ClH.Zr/c1-10-7-11-5-6-13(14(2,3)4)9-12(11)8-10;;;/h5-9H,1-4H3;2*1H;. The zero-order chi connectivity index (χ0) is 11.2. The van der Waals surface area contributed by atoms with Gasteiger partial charge in [-0.3, -0.25) is 0 Å². The maximum atomic E-state index is 2.36. The molecule has 0 heterocycles. The minimum atomic E-state index is 0. The van der Waals surface area contributed by atoms with Gasteiger partial charge in [-0.1, -0.05) is 0 Å². The minimum absolute atomic E-state index is 0. The second kappa shape index (κ2) is 6.04. The Morgan fingerprint density at radius 1 is 1.12 bits per heavy atom. The molecule has 0 aliphatic heterocycles. The number of rotatable bonds is 0. The predicted octanol–water partition coefficient (Wildman–Crippen LogP) is 4.83. The molecule has 2 rings (SSSR count). The van der Waals surface area contributed by atoms with E-state index in [1.54, 1.807) is 24.7 Å². The molecule has 0 spiro atoms. The Morgan fingerprint density at radius 2 is 1.71 bits per heavy atom. The van der Waals surface area contributed by atoms with Crippen molar-refractivity contribution < 1.29 is 24.7 Å². The molecule has 1 atom stereocenters. The molecule has 93 valence electrons. The van der Waals surface area contributed by atoms with Crippen molar-refractivity contribution in [3.63, 3.8) is 0 Å². The number of fused-ring (bicyclic) bond motifs is 1. The zero-order valence-corrected chi connectivity index (χ0v) is 14.8. The smallest absolute Gasteiger partial charge is 0.147 e. The van der Waals surface area contributed by atoms with Crippen LogP contribution < -0.4 is 0 Å². The van der Waals surface area contributed by atoms with E-state index in [1.807, 2.05) is 0 Å². The number of halogens is 2. The maximum absolute atomic E-state index is 2.36. The van der Waals surface area contributed by atoms with Crippen molar-refractivity contribution in [2.45, 2.75) is 36.7 Å². The van der Waals surface area contributed by atoms with Gasteiger partial charge < -0.3 is 0 Å². The van der Waals surface area contributed by atoms with Crippen LogP contribution in [0.25, 0.3) is 6.08 Å². The van der Waals surface area contributed by atoms with Crippen LogP contribution in [0, 0.1) is 0 Å². The molecule has 0 radical (unpaired) electrons. The fourth-order valence-corrected chi connectivity index (χ4v) is 2.85. The van der Waals surface area contributed by atoms with Gasteiger partial charge in [0.2, 0.25) is 0 Å². The van der Waals surface area contributed by atoms with Crippen molar-refractivity contribution in [1.29, 1.82) is 0 Å². The molecule has 0 nitrogen and oxygen atoms in total. The van der Waals surface area contributed by atoms with Gasteiger partial charge in [0.25, 0.3) is 0 Å². The summed E-state index contributed by atoms with van der Waals surface area (Å²) in [5.74, 6) is 0. The number of hydrogen-bond donors (Lipinski definition) is 0. The molecule has 0 saturated heterocycles. The summed E-state index contributed by atoms with van der Waals surface area (Å²) in [5, 5.41) is 0. The van der Waals surface area contributed by atoms with Crippen molar-refractivity contribution in [2.24, 2.45) is 0 Å². The third-order valence-electron chi connectivity index (χ3n) is 3.10. The van der Waals surface area contributed by atoms with E-state index in [0.29, 0.717) is 3.63 Å². The third kappa shape index (κ3) is 3.46. The van der Waals surface area contributed by atoms with Gasteiger partial charge in [0, 0.05) is 0 Å². The van der Waals surface area contributed by atoms with Gasteiger partial charge in [0.05, 0.1) is 0 Å². The molecule has 1 aromatic rings. The maximum Gasteiger partial charge on any atom is -0.147 e. The van der Waals surface area contributed by atoms with Crippen molar-refractivity contribution >= 4 is 30.9 Å². The van der Waals surface area contributed by atoms with Gasteiger partial charge in [-0.2, -0.15) is 0 Å². The van der Waals surface area contributed by atoms with Crippen molar-refractivity contribution in [1.82, 2.24) is 0 Å². The summed E-state index contributed by atoms with van der Waals surface area (Å²) < 4.78 is 0.696. The van der Waals surface area contributed by atoms with Crippen LogP contribution in [0.2, 0.25) is 0 Å². The average Bonchev–Trinajstić information content (AvgIpc) is 2.41. The number of benzene rings is 1. The summed E-state index contributed by atoms with van der Waals surface area (Å²) in [6.07, 6.45) is 2.35. The molecule has 1 aromatic carbocycles. The van der Waals surface area contributed by atoms with Crippen LogP contribution >= 0.6 is 24.8 Å². The molecule has 1 unspecified atom stereocenters. The molecule has 1 aliphatic rings. The van der Waals surface area contributed by atoms with Crippen LogP contribution in [0.3, 0.4) is 0 Å². The molecule has 1 aliphatic carbocycles. The van der Waals surface area contributed by atoms with Crippen molar-refractivity contribution in [2.75, 3.05) is 0 Å². The Hall–Kier alpha value is 0.423. The molecular weight excluding hydrogens is 330 g/mol. The third-order valence-corrected chi connectivity index (χ3v) is 4.99. The monoisotopic (exact) mass is 347 g/mol. The molecule has 0 fully saturated rings. The first kappa shape index (κ1) is 17.4. The molecule has 0 saturated carbocycles. The Balaban J connectivity index is 0.00000128. The molecule has 17 heavy (non-hydrogen) atoms. The quantitative estimate of drug-likeness (QED) is 0.629. The first-order chi connectivity index (χ1) is 6.89. The Bertz CT molecular complexity index is 430. The first-order valence-corrected chi connectivity index (χ1v) is 6.85. The molecule has 0 aromatic heterocycles. The molecule has 0 amide bonds. The van der Waals surface area contributed by atoms with Gasteiger partial charge in [-0.15, -0.1) is 24.8 Å². The summed E-state index contributed by atoms with van der Waals surface area (Å²) in [5.41, 5.74) is 6.20. The molecular formula is C14H19Cl2Zr. The van der Waals surface area contributed by atoms with Crippen LogP contribution in [-0.4, -0.2) is 0 Å².